The second-order valence-corrected chi connectivity index (χ2v) is 6.17. The van der Waals surface area contributed by atoms with E-state index in [9.17, 15) is 0 Å². The van der Waals surface area contributed by atoms with Gasteiger partial charge in [-0.1, -0.05) is 27.2 Å². The van der Waals surface area contributed by atoms with Crippen molar-refractivity contribution in [3.63, 3.8) is 0 Å². The fourth-order valence-electron chi connectivity index (χ4n) is 2.59. The van der Waals surface area contributed by atoms with Crippen LogP contribution in [0.2, 0.25) is 0 Å². The average Bonchev–Trinajstić information content (AvgIpc) is 2.88. The maximum absolute atomic E-state index is 5.93. The van der Waals surface area contributed by atoms with Gasteiger partial charge in [-0.25, -0.2) is 4.98 Å². The Morgan fingerprint density at radius 3 is 2.60 bits per heavy atom. The van der Waals surface area contributed by atoms with Crippen LogP contribution >= 0.6 is 11.6 Å². The van der Waals surface area contributed by atoms with Crippen LogP contribution in [0.1, 0.15) is 45.1 Å². The van der Waals surface area contributed by atoms with Crippen molar-refractivity contribution >= 4 is 22.8 Å². The molecule has 2 rings (SSSR count). The number of halogens is 1. The molecule has 0 N–H and O–H groups in total. The Labute approximate surface area is 126 Å². The van der Waals surface area contributed by atoms with Crippen molar-refractivity contribution in [3.05, 3.63) is 11.5 Å². The van der Waals surface area contributed by atoms with Crippen LogP contribution in [0, 0.1) is 5.92 Å². The van der Waals surface area contributed by atoms with Crippen LogP contribution in [0.25, 0.3) is 11.2 Å². The van der Waals surface area contributed by atoms with Crippen molar-refractivity contribution < 1.29 is 0 Å². The van der Waals surface area contributed by atoms with E-state index in [0.29, 0.717) is 11.8 Å². The van der Waals surface area contributed by atoms with Gasteiger partial charge in [0.15, 0.2) is 5.65 Å². The van der Waals surface area contributed by atoms with Gasteiger partial charge in [0.05, 0.1) is 5.69 Å². The van der Waals surface area contributed by atoms with Gasteiger partial charge in [-0.15, -0.1) is 11.6 Å². The molecule has 4 nitrogen and oxygen atoms in total. The normalized spacial score (nSPS) is 11.9. The van der Waals surface area contributed by atoms with Crippen molar-refractivity contribution in [3.8, 4) is 0 Å². The molecular formula is C15H25ClN4. The molecule has 0 spiro atoms. The molecule has 0 fully saturated rings. The maximum Gasteiger partial charge on any atom is 0.158 e. The Morgan fingerprint density at radius 2 is 2.00 bits per heavy atom. The van der Waals surface area contributed by atoms with Gasteiger partial charge in [0.25, 0.3) is 0 Å². The molecule has 5 heteroatoms. The van der Waals surface area contributed by atoms with E-state index in [1.807, 2.05) is 11.7 Å². The van der Waals surface area contributed by atoms with E-state index >= 15 is 0 Å². The topological polar surface area (TPSA) is 35.6 Å². The van der Waals surface area contributed by atoms with E-state index in [1.54, 1.807) is 0 Å². The van der Waals surface area contributed by atoms with E-state index < -0.39 is 0 Å². The predicted octanol–water partition coefficient (Wildman–Crippen LogP) is 3.55. The summed E-state index contributed by atoms with van der Waals surface area (Å²) in [5.41, 5.74) is 3.33. The molecule has 0 aliphatic rings. The zero-order valence-electron chi connectivity index (χ0n) is 13.0. The first-order valence-electron chi connectivity index (χ1n) is 7.55. The first-order valence-corrected chi connectivity index (χ1v) is 8.08. The molecule has 0 aliphatic carbocycles. The Bertz CT molecular complexity index is 568. The summed E-state index contributed by atoms with van der Waals surface area (Å²) >= 11 is 5.93. The van der Waals surface area contributed by atoms with Gasteiger partial charge in [0, 0.05) is 25.9 Å². The van der Waals surface area contributed by atoms with Gasteiger partial charge >= 0.3 is 0 Å². The minimum atomic E-state index is 0.613. The SMILES string of the molecule is CCCc1nn(C)c2c1nc(CCCl)n2CCC(C)C. The van der Waals surface area contributed by atoms with Gasteiger partial charge < -0.3 is 4.57 Å². The quantitative estimate of drug-likeness (QED) is 0.733. The fraction of sp³-hybridized carbons (Fsp3) is 0.733. The molecule has 0 bridgehead atoms. The Kier molecular flexibility index (Phi) is 5.08. The standard InChI is InChI=1S/C15H25ClN4/c1-5-6-12-14-15(19(4)18-12)20(10-8-11(2)3)13(17-14)7-9-16/h11H,5-10H2,1-4H3. The summed E-state index contributed by atoms with van der Waals surface area (Å²) in [6, 6.07) is 0. The molecule has 0 saturated heterocycles. The molecule has 2 aromatic rings. The Morgan fingerprint density at radius 1 is 1.25 bits per heavy atom. The lowest BCUT2D eigenvalue weighted by Crippen LogP contribution is -2.10. The number of rotatable bonds is 7. The molecule has 0 amide bonds. The zero-order chi connectivity index (χ0) is 14.7. The first kappa shape index (κ1) is 15.4. The molecule has 0 unspecified atom stereocenters. The van der Waals surface area contributed by atoms with Crippen LogP contribution in [-0.4, -0.2) is 25.2 Å². The van der Waals surface area contributed by atoms with Crippen molar-refractivity contribution in [1.29, 1.82) is 0 Å². The third-order valence-electron chi connectivity index (χ3n) is 3.61. The van der Waals surface area contributed by atoms with E-state index in [4.69, 9.17) is 16.6 Å². The van der Waals surface area contributed by atoms with Gasteiger partial charge in [-0.05, 0) is 18.8 Å². The summed E-state index contributed by atoms with van der Waals surface area (Å²) in [6.07, 6.45) is 4.05. The smallest absolute Gasteiger partial charge is 0.158 e. The summed E-state index contributed by atoms with van der Waals surface area (Å²) < 4.78 is 4.29. The van der Waals surface area contributed by atoms with Gasteiger partial charge in [-0.2, -0.15) is 5.10 Å². The number of hydrogen-bond donors (Lipinski definition) is 0. The number of aryl methyl sites for hydroxylation is 4. The van der Waals surface area contributed by atoms with Crippen LogP contribution in [0.5, 0.6) is 0 Å². The van der Waals surface area contributed by atoms with Crippen LogP contribution in [0.15, 0.2) is 0 Å². The minimum Gasteiger partial charge on any atom is -0.313 e. The molecule has 0 saturated carbocycles. The number of aromatic nitrogens is 4. The molecular weight excluding hydrogens is 272 g/mol. The largest absolute Gasteiger partial charge is 0.313 e. The highest BCUT2D eigenvalue weighted by atomic mass is 35.5. The average molecular weight is 297 g/mol. The summed E-state index contributed by atoms with van der Waals surface area (Å²) in [5, 5.41) is 4.63. The second-order valence-electron chi connectivity index (χ2n) is 5.79. The predicted molar refractivity (Wildman–Crippen MR) is 84.4 cm³/mol. The molecule has 0 atom stereocenters. The van der Waals surface area contributed by atoms with E-state index in [-0.39, 0.29) is 0 Å². The molecule has 112 valence electrons. The maximum atomic E-state index is 5.93. The van der Waals surface area contributed by atoms with Crippen molar-refractivity contribution in [2.75, 3.05) is 5.88 Å². The lowest BCUT2D eigenvalue weighted by molar-refractivity contribution is 0.507. The number of imidazole rings is 1. The highest BCUT2D eigenvalue weighted by Gasteiger charge is 2.18. The van der Waals surface area contributed by atoms with E-state index in [2.05, 4.69) is 30.4 Å². The van der Waals surface area contributed by atoms with E-state index in [0.717, 1.165) is 54.9 Å². The lowest BCUT2D eigenvalue weighted by Gasteiger charge is -2.10. The van der Waals surface area contributed by atoms with Gasteiger partial charge in [-0.3, -0.25) is 4.68 Å². The number of nitrogens with zero attached hydrogens (tertiary/aromatic N) is 4. The summed E-state index contributed by atoms with van der Waals surface area (Å²) in [5.74, 6) is 2.39. The third-order valence-corrected chi connectivity index (χ3v) is 3.79. The van der Waals surface area contributed by atoms with Crippen molar-refractivity contribution in [2.24, 2.45) is 13.0 Å². The number of hydrogen-bond acceptors (Lipinski definition) is 2. The van der Waals surface area contributed by atoms with Crippen molar-refractivity contribution in [2.45, 2.75) is 53.0 Å². The molecule has 2 aromatic heterocycles. The highest BCUT2D eigenvalue weighted by molar-refractivity contribution is 6.17. The van der Waals surface area contributed by atoms with Gasteiger partial charge in [0.2, 0.25) is 0 Å². The molecule has 0 aliphatic heterocycles. The molecule has 0 aromatic carbocycles. The molecule has 2 heterocycles. The van der Waals surface area contributed by atoms with Crippen molar-refractivity contribution in [1.82, 2.24) is 19.3 Å². The van der Waals surface area contributed by atoms with Gasteiger partial charge in [0.1, 0.15) is 11.3 Å². The number of alkyl halides is 1. The first-order chi connectivity index (χ1) is 9.58. The summed E-state index contributed by atoms with van der Waals surface area (Å²) in [4.78, 5) is 4.81. The van der Waals surface area contributed by atoms with E-state index in [1.165, 1.54) is 0 Å². The Balaban J connectivity index is 2.47. The monoisotopic (exact) mass is 296 g/mol. The lowest BCUT2D eigenvalue weighted by atomic mass is 10.1. The number of fused-ring (bicyclic) bond motifs is 1. The minimum absolute atomic E-state index is 0.613. The summed E-state index contributed by atoms with van der Waals surface area (Å²) in [7, 11) is 2.01. The third kappa shape index (κ3) is 3.00. The Hall–Kier alpha value is -1.03. The summed E-state index contributed by atoms with van der Waals surface area (Å²) in [6.45, 7) is 7.67. The second kappa shape index (κ2) is 6.61. The van der Waals surface area contributed by atoms with Crippen LogP contribution in [-0.2, 0) is 26.4 Å². The van der Waals surface area contributed by atoms with Crippen LogP contribution < -0.4 is 0 Å². The highest BCUT2D eigenvalue weighted by Crippen LogP contribution is 2.22. The van der Waals surface area contributed by atoms with Crippen LogP contribution in [0.4, 0.5) is 0 Å². The molecule has 20 heavy (non-hydrogen) atoms. The fourth-order valence-corrected chi connectivity index (χ4v) is 2.76. The van der Waals surface area contributed by atoms with Crippen LogP contribution in [0.3, 0.4) is 0 Å². The molecule has 0 radical (unpaired) electrons. The zero-order valence-corrected chi connectivity index (χ0v) is 13.7.